The number of rotatable bonds is 5. The summed E-state index contributed by atoms with van der Waals surface area (Å²) < 4.78 is 27.3. The molecule has 3 rings (SSSR count). The fourth-order valence-electron chi connectivity index (χ4n) is 3.17. The summed E-state index contributed by atoms with van der Waals surface area (Å²) in [5.74, 6) is 1.59. The highest BCUT2D eigenvalue weighted by Gasteiger charge is 2.31. The minimum atomic E-state index is -3.42. The van der Waals surface area contributed by atoms with Gasteiger partial charge in [-0.05, 0) is 36.1 Å². The van der Waals surface area contributed by atoms with E-state index in [4.69, 9.17) is 0 Å². The highest BCUT2D eigenvalue weighted by atomic mass is 32.2. The van der Waals surface area contributed by atoms with Crippen LogP contribution in [0, 0.1) is 5.92 Å². The average molecular weight is 361 g/mol. The molecular formula is C19H26N3O2S+. The molecule has 1 aliphatic heterocycles. The molecule has 1 saturated heterocycles. The zero-order valence-electron chi connectivity index (χ0n) is 14.9. The number of hydrogen-bond acceptors (Lipinski definition) is 3. The Morgan fingerprint density at radius 2 is 1.68 bits per heavy atom. The van der Waals surface area contributed by atoms with Crippen molar-refractivity contribution in [2.24, 2.45) is 5.92 Å². The molecule has 5 nitrogen and oxygen atoms in total. The summed E-state index contributed by atoms with van der Waals surface area (Å²) in [6.07, 6.45) is 2.85. The van der Waals surface area contributed by atoms with E-state index in [1.54, 1.807) is 16.4 Å². The largest absolute Gasteiger partial charge is 0.274 e. The van der Waals surface area contributed by atoms with Crippen LogP contribution in [0.15, 0.2) is 53.6 Å². The second-order valence-electron chi connectivity index (χ2n) is 6.88. The van der Waals surface area contributed by atoms with Gasteiger partial charge in [0, 0.05) is 6.07 Å². The number of nitrogens with zero attached hydrogens (tertiary/aromatic N) is 2. The van der Waals surface area contributed by atoms with E-state index >= 15 is 0 Å². The highest BCUT2D eigenvalue weighted by Crippen LogP contribution is 2.20. The summed E-state index contributed by atoms with van der Waals surface area (Å²) in [6, 6.07) is 13.3. The Morgan fingerprint density at radius 1 is 1.00 bits per heavy atom. The smallest absolute Gasteiger partial charge is 0.259 e. The maximum absolute atomic E-state index is 12.9. The molecule has 0 unspecified atom stereocenters. The van der Waals surface area contributed by atoms with Crippen molar-refractivity contribution >= 4 is 15.8 Å². The lowest BCUT2D eigenvalue weighted by Crippen LogP contribution is -2.49. The first-order valence-corrected chi connectivity index (χ1v) is 10.2. The quantitative estimate of drug-likeness (QED) is 0.821. The van der Waals surface area contributed by atoms with Crippen molar-refractivity contribution in [1.82, 2.24) is 4.31 Å². The standard InChI is InChI=1S/C19H25N3O2S/c1-16(2)15-17-6-8-18(9-7-17)25(23,24)22-13-11-21(12-14-22)19-5-3-4-10-20-19/h3-10,16H,11-15H2,1-2H3/p+1. The van der Waals surface area contributed by atoms with Crippen molar-refractivity contribution in [1.29, 1.82) is 0 Å². The van der Waals surface area contributed by atoms with Crippen LogP contribution in [0.5, 0.6) is 0 Å². The summed E-state index contributed by atoms with van der Waals surface area (Å²) in [5, 5.41) is 0. The molecule has 1 aliphatic rings. The van der Waals surface area contributed by atoms with Crippen molar-refractivity contribution in [3.05, 3.63) is 54.2 Å². The van der Waals surface area contributed by atoms with Crippen LogP contribution in [-0.4, -0.2) is 38.9 Å². The third-order valence-corrected chi connectivity index (χ3v) is 6.39. The molecule has 2 heterocycles. The van der Waals surface area contributed by atoms with E-state index in [1.165, 1.54) is 5.56 Å². The monoisotopic (exact) mass is 360 g/mol. The molecule has 0 aliphatic carbocycles. The van der Waals surface area contributed by atoms with Crippen LogP contribution in [0.25, 0.3) is 0 Å². The van der Waals surface area contributed by atoms with Gasteiger partial charge in [-0.15, -0.1) is 0 Å². The Balaban J connectivity index is 1.67. The van der Waals surface area contributed by atoms with Gasteiger partial charge in [0.05, 0.1) is 37.3 Å². The second kappa shape index (κ2) is 7.54. The number of sulfonamides is 1. The van der Waals surface area contributed by atoms with Crippen LogP contribution in [0.1, 0.15) is 19.4 Å². The Morgan fingerprint density at radius 3 is 2.24 bits per heavy atom. The first kappa shape index (κ1) is 17.9. The first-order valence-electron chi connectivity index (χ1n) is 8.77. The molecule has 6 heteroatoms. The predicted octanol–water partition coefficient (Wildman–Crippen LogP) is 2.21. The lowest BCUT2D eigenvalue weighted by molar-refractivity contribution is -0.364. The molecule has 0 radical (unpaired) electrons. The van der Waals surface area contributed by atoms with Gasteiger partial charge in [0.1, 0.15) is 0 Å². The molecule has 2 aromatic rings. The Bertz CT molecular complexity index is 781. The zero-order valence-corrected chi connectivity index (χ0v) is 15.7. The van der Waals surface area contributed by atoms with Gasteiger partial charge in [0.15, 0.2) is 0 Å². The van der Waals surface area contributed by atoms with Crippen molar-refractivity contribution in [3.8, 4) is 0 Å². The van der Waals surface area contributed by atoms with Crippen LogP contribution >= 0.6 is 0 Å². The summed E-state index contributed by atoms with van der Waals surface area (Å²) >= 11 is 0. The fourth-order valence-corrected chi connectivity index (χ4v) is 4.59. The van der Waals surface area contributed by atoms with Gasteiger partial charge in [0.2, 0.25) is 10.0 Å². The minimum Gasteiger partial charge on any atom is -0.259 e. The van der Waals surface area contributed by atoms with Crippen LogP contribution in [0.3, 0.4) is 0 Å². The van der Waals surface area contributed by atoms with Crippen molar-refractivity contribution in [2.45, 2.75) is 25.2 Å². The number of anilines is 1. The number of nitrogens with one attached hydrogen (secondary N) is 1. The van der Waals surface area contributed by atoms with E-state index in [9.17, 15) is 8.42 Å². The lowest BCUT2D eigenvalue weighted by atomic mass is 10.0. The van der Waals surface area contributed by atoms with Gasteiger partial charge in [0.25, 0.3) is 5.82 Å². The van der Waals surface area contributed by atoms with E-state index in [0.29, 0.717) is 37.0 Å². The number of aromatic amines is 1. The van der Waals surface area contributed by atoms with E-state index < -0.39 is 10.0 Å². The molecule has 25 heavy (non-hydrogen) atoms. The average Bonchev–Trinajstić information content (AvgIpc) is 2.62. The third kappa shape index (κ3) is 4.19. The summed E-state index contributed by atoms with van der Waals surface area (Å²) in [4.78, 5) is 5.77. The van der Waals surface area contributed by atoms with Gasteiger partial charge < -0.3 is 0 Å². The second-order valence-corrected chi connectivity index (χ2v) is 8.82. The fraction of sp³-hybridized carbons (Fsp3) is 0.421. The van der Waals surface area contributed by atoms with Crippen molar-refractivity contribution in [3.63, 3.8) is 0 Å². The third-order valence-electron chi connectivity index (χ3n) is 4.48. The summed E-state index contributed by atoms with van der Waals surface area (Å²) in [5.41, 5.74) is 1.18. The van der Waals surface area contributed by atoms with E-state index in [-0.39, 0.29) is 0 Å². The topological polar surface area (TPSA) is 54.8 Å². The van der Waals surface area contributed by atoms with Crippen molar-refractivity contribution < 1.29 is 13.4 Å². The number of aromatic nitrogens is 1. The molecule has 0 saturated carbocycles. The molecular weight excluding hydrogens is 334 g/mol. The van der Waals surface area contributed by atoms with Gasteiger partial charge in [-0.2, -0.15) is 4.31 Å². The van der Waals surface area contributed by atoms with Gasteiger partial charge >= 0.3 is 0 Å². The zero-order chi connectivity index (χ0) is 17.9. The molecule has 1 fully saturated rings. The summed E-state index contributed by atoms with van der Waals surface area (Å²) in [6.45, 7) is 6.69. The number of benzene rings is 1. The normalized spacial score (nSPS) is 16.4. The molecule has 1 aromatic carbocycles. The molecule has 134 valence electrons. The van der Waals surface area contributed by atoms with Gasteiger partial charge in [-0.3, -0.25) is 4.90 Å². The highest BCUT2D eigenvalue weighted by molar-refractivity contribution is 7.89. The number of H-pyrrole nitrogens is 1. The Kier molecular flexibility index (Phi) is 5.39. The molecule has 0 bridgehead atoms. The van der Waals surface area contributed by atoms with Crippen LogP contribution in [0.2, 0.25) is 0 Å². The summed E-state index contributed by atoms with van der Waals surface area (Å²) in [7, 11) is -3.42. The SMILES string of the molecule is CC(C)Cc1ccc(S(=O)(=O)N2CCN(c3cccc[nH+]3)CC2)cc1. The van der Waals surface area contributed by atoms with Gasteiger partial charge in [-0.25, -0.2) is 13.4 Å². The van der Waals surface area contributed by atoms with Crippen LogP contribution < -0.4 is 9.88 Å². The molecule has 1 N–H and O–H groups in total. The maximum Gasteiger partial charge on any atom is 0.274 e. The molecule has 0 amide bonds. The number of hydrogen-bond donors (Lipinski definition) is 0. The maximum atomic E-state index is 12.9. The minimum absolute atomic E-state index is 0.389. The number of pyridine rings is 1. The predicted molar refractivity (Wildman–Crippen MR) is 99.0 cm³/mol. The van der Waals surface area contributed by atoms with E-state index in [2.05, 4.69) is 23.7 Å². The van der Waals surface area contributed by atoms with E-state index in [1.807, 2.05) is 36.5 Å². The molecule has 1 aromatic heterocycles. The molecule has 0 spiro atoms. The number of piperazine rings is 1. The van der Waals surface area contributed by atoms with E-state index in [0.717, 1.165) is 12.2 Å². The Labute approximate surface area is 150 Å². The first-order chi connectivity index (χ1) is 12.0. The lowest BCUT2D eigenvalue weighted by Gasteiger charge is -2.30. The van der Waals surface area contributed by atoms with Gasteiger partial charge in [-0.1, -0.05) is 32.0 Å². The Hall–Kier alpha value is -1.92. The van der Waals surface area contributed by atoms with Crippen LogP contribution in [-0.2, 0) is 16.4 Å². The van der Waals surface area contributed by atoms with Crippen molar-refractivity contribution in [2.75, 3.05) is 31.1 Å². The van der Waals surface area contributed by atoms with Crippen LogP contribution in [0.4, 0.5) is 5.82 Å². The molecule has 0 atom stereocenters.